The summed E-state index contributed by atoms with van der Waals surface area (Å²) in [5, 5.41) is 10.9. The van der Waals surface area contributed by atoms with Crippen molar-refractivity contribution in [3.05, 3.63) is 76.0 Å². The van der Waals surface area contributed by atoms with Crippen LogP contribution in [-0.2, 0) is 9.59 Å². The number of nitro groups is 1. The Morgan fingerprint density at radius 3 is 2.11 bits per heavy atom. The molecule has 0 atom stereocenters. The van der Waals surface area contributed by atoms with Crippen LogP contribution in [0, 0.1) is 10.1 Å². The molecule has 7 nitrogen and oxygen atoms in total. The van der Waals surface area contributed by atoms with E-state index in [1.54, 1.807) is 11.8 Å². The molecule has 3 rings (SSSR count). The van der Waals surface area contributed by atoms with Gasteiger partial charge in [0.05, 0.1) is 10.5 Å². The fourth-order valence-corrected chi connectivity index (χ4v) is 3.19. The van der Waals surface area contributed by atoms with Gasteiger partial charge in [0.2, 0.25) is 0 Å². The van der Waals surface area contributed by atoms with Crippen molar-refractivity contribution < 1.29 is 14.5 Å². The number of amides is 2. The smallest absolute Gasteiger partial charge is 0.278 e. The van der Waals surface area contributed by atoms with E-state index in [0.717, 1.165) is 5.69 Å². The minimum atomic E-state index is -0.499. The first-order valence-corrected chi connectivity index (χ1v) is 8.67. The molecule has 1 aliphatic rings. The first-order chi connectivity index (χ1) is 13.0. The Labute approximate surface area is 156 Å². The number of carbonyl (C=O) groups excluding carboxylic acids is 2. The van der Waals surface area contributed by atoms with Gasteiger partial charge in [0.15, 0.2) is 0 Å². The zero-order valence-electron chi connectivity index (χ0n) is 15.1. The number of nitrogens with zero attached hydrogens (tertiary/aromatic N) is 3. The van der Waals surface area contributed by atoms with Gasteiger partial charge in [-0.15, -0.1) is 0 Å². The third-order valence-electron chi connectivity index (χ3n) is 4.48. The standard InChI is InChI=1S/C20H19N3O4/c1-3-21(15-8-6-5-7-9-15)18-17(19(24)22(4-2)20(18)25)14-10-12-16(13-11-14)23(26)27/h5-13H,3-4H2,1-2H3. The van der Waals surface area contributed by atoms with Crippen LogP contribution in [0.5, 0.6) is 0 Å². The summed E-state index contributed by atoms with van der Waals surface area (Å²) in [7, 11) is 0. The first kappa shape index (κ1) is 18.3. The van der Waals surface area contributed by atoms with E-state index < -0.39 is 4.92 Å². The van der Waals surface area contributed by atoms with Crippen LogP contribution < -0.4 is 4.90 Å². The lowest BCUT2D eigenvalue weighted by molar-refractivity contribution is -0.384. The van der Waals surface area contributed by atoms with Gasteiger partial charge in [-0.1, -0.05) is 18.2 Å². The molecule has 2 aromatic carbocycles. The fourth-order valence-electron chi connectivity index (χ4n) is 3.19. The minimum absolute atomic E-state index is 0.0690. The van der Waals surface area contributed by atoms with Crippen LogP contribution in [0.2, 0.25) is 0 Å². The molecule has 2 aromatic rings. The molecule has 0 unspecified atom stereocenters. The molecule has 0 radical (unpaired) electrons. The van der Waals surface area contributed by atoms with Gasteiger partial charge in [-0.05, 0) is 43.7 Å². The second-order valence-electron chi connectivity index (χ2n) is 5.96. The third kappa shape index (κ3) is 3.19. The van der Waals surface area contributed by atoms with E-state index in [0.29, 0.717) is 17.8 Å². The summed E-state index contributed by atoms with van der Waals surface area (Å²) in [4.78, 5) is 39.3. The maximum atomic E-state index is 13.0. The zero-order valence-corrected chi connectivity index (χ0v) is 15.1. The Bertz CT molecular complexity index is 920. The average molecular weight is 365 g/mol. The minimum Gasteiger partial charge on any atom is -0.337 e. The van der Waals surface area contributed by atoms with Gasteiger partial charge in [-0.2, -0.15) is 0 Å². The van der Waals surface area contributed by atoms with Crippen molar-refractivity contribution in [1.82, 2.24) is 4.90 Å². The van der Waals surface area contributed by atoms with Crippen molar-refractivity contribution in [3.63, 3.8) is 0 Å². The number of rotatable bonds is 6. The van der Waals surface area contributed by atoms with Gasteiger partial charge < -0.3 is 4.90 Å². The Hall–Kier alpha value is -3.48. The summed E-state index contributed by atoms with van der Waals surface area (Å²) in [6, 6.07) is 15.0. The van der Waals surface area contributed by atoms with E-state index in [-0.39, 0.29) is 29.6 Å². The number of para-hydroxylation sites is 1. The maximum absolute atomic E-state index is 13.0. The highest BCUT2D eigenvalue weighted by atomic mass is 16.6. The number of imide groups is 1. The topological polar surface area (TPSA) is 83.8 Å². The molecular weight excluding hydrogens is 346 g/mol. The molecular formula is C20H19N3O4. The molecule has 138 valence electrons. The van der Waals surface area contributed by atoms with Crippen LogP contribution in [0.25, 0.3) is 5.57 Å². The quantitative estimate of drug-likeness (QED) is 0.446. The number of anilines is 1. The van der Waals surface area contributed by atoms with Crippen molar-refractivity contribution in [3.8, 4) is 0 Å². The van der Waals surface area contributed by atoms with E-state index >= 15 is 0 Å². The van der Waals surface area contributed by atoms with Crippen LogP contribution in [0.4, 0.5) is 11.4 Å². The highest BCUT2D eigenvalue weighted by molar-refractivity contribution is 6.36. The molecule has 0 fully saturated rings. The first-order valence-electron chi connectivity index (χ1n) is 8.67. The molecule has 0 aliphatic carbocycles. The lowest BCUT2D eigenvalue weighted by Gasteiger charge is -2.24. The Morgan fingerprint density at radius 1 is 0.963 bits per heavy atom. The van der Waals surface area contributed by atoms with Gasteiger partial charge in [-0.25, -0.2) is 0 Å². The second-order valence-corrected chi connectivity index (χ2v) is 5.96. The van der Waals surface area contributed by atoms with Crippen molar-refractivity contribution in [2.75, 3.05) is 18.0 Å². The molecule has 0 spiro atoms. The molecule has 0 aromatic heterocycles. The number of hydrogen-bond acceptors (Lipinski definition) is 5. The van der Waals surface area contributed by atoms with Crippen molar-refractivity contribution in [1.29, 1.82) is 0 Å². The van der Waals surface area contributed by atoms with Crippen LogP contribution in [0.15, 0.2) is 60.3 Å². The van der Waals surface area contributed by atoms with Gasteiger partial charge in [0, 0.05) is 30.9 Å². The highest BCUT2D eigenvalue weighted by Gasteiger charge is 2.40. The molecule has 7 heteroatoms. The largest absolute Gasteiger partial charge is 0.337 e. The van der Waals surface area contributed by atoms with Crippen LogP contribution in [0.1, 0.15) is 19.4 Å². The highest BCUT2D eigenvalue weighted by Crippen LogP contribution is 2.34. The summed E-state index contributed by atoms with van der Waals surface area (Å²) >= 11 is 0. The van der Waals surface area contributed by atoms with Gasteiger partial charge in [-0.3, -0.25) is 24.6 Å². The zero-order chi connectivity index (χ0) is 19.6. The predicted octanol–water partition coefficient (Wildman–Crippen LogP) is 3.22. The van der Waals surface area contributed by atoms with Crippen molar-refractivity contribution in [2.45, 2.75) is 13.8 Å². The number of benzene rings is 2. The third-order valence-corrected chi connectivity index (χ3v) is 4.48. The van der Waals surface area contributed by atoms with Crippen molar-refractivity contribution in [2.24, 2.45) is 0 Å². The van der Waals surface area contributed by atoms with Crippen LogP contribution in [-0.4, -0.2) is 34.7 Å². The van der Waals surface area contributed by atoms with Crippen LogP contribution in [0.3, 0.4) is 0 Å². The number of nitro benzene ring substituents is 1. The van der Waals surface area contributed by atoms with E-state index in [1.165, 1.54) is 29.2 Å². The summed E-state index contributed by atoms with van der Waals surface area (Å²) < 4.78 is 0. The molecule has 1 aliphatic heterocycles. The van der Waals surface area contributed by atoms with E-state index in [2.05, 4.69) is 0 Å². The number of hydrogen-bond donors (Lipinski definition) is 0. The molecule has 1 heterocycles. The van der Waals surface area contributed by atoms with Gasteiger partial charge in [0.25, 0.3) is 17.5 Å². The summed E-state index contributed by atoms with van der Waals surface area (Å²) in [6.07, 6.45) is 0. The summed E-state index contributed by atoms with van der Waals surface area (Å²) in [6.45, 7) is 4.39. The monoisotopic (exact) mass is 365 g/mol. The second kappa shape index (κ2) is 7.41. The molecule has 2 amide bonds. The fraction of sp³-hybridized carbons (Fsp3) is 0.200. The number of likely N-dealkylation sites (N-methyl/N-ethyl adjacent to an activating group) is 2. The normalized spacial score (nSPS) is 14.1. The molecule has 0 saturated heterocycles. The molecule has 0 N–H and O–H groups in total. The van der Waals surface area contributed by atoms with E-state index in [1.807, 2.05) is 37.3 Å². The molecule has 0 bridgehead atoms. The number of carbonyl (C=O) groups is 2. The van der Waals surface area contributed by atoms with E-state index in [4.69, 9.17) is 0 Å². The van der Waals surface area contributed by atoms with Gasteiger partial charge in [0.1, 0.15) is 5.70 Å². The number of non-ortho nitro benzene ring substituents is 1. The Kier molecular flexibility index (Phi) is 5.03. The maximum Gasteiger partial charge on any atom is 0.278 e. The lowest BCUT2D eigenvalue weighted by Crippen LogP contribution is -2.35. The summed E-state index contributed by atoms with van der Waals surface area (Å²) in [5.74, 6) is -0.748. The van der Waals surface area contributed by atoms with Crippen molar-refractivity contribution >= 4 is 28.8 Å². The Morgan fingerprint density at radius 2 is 1.59 bits per heavy atom. The Balaban J connectivity index is 2.18. The lowest BCUT2D eigenvalue weighted by atomic mass is 10.0. The molecule has 0 saturated carbocycles. The molecule has 27 heavy (non-hydrogen) atoms. The SMILES string of the molecule is CCN1C(=O)C(c2ccc([N+](=O)[O-])cc2)=C(N(CC)c2ccccc2)C1=O. The van der Waals surface area contributed by atoms with Crippen LogP contribution >= 0.6 is 0 Å². The van der Waals surface area contributed by atoms with Gasteiger partial charge >= 0.3 is 0 Å². The van der Waals surface area contributed by atoms with E-state index in [9.17, 15) is 19.7 Å². The summed E-state index contributed by atoms with van der Waals surface area (Å²) in [5.41, 5.74) is 1.78. The predicted molar refractivity (Wildman–Crippen MR) is 102 cm³/mol. The average Bonchev–Trinajstić information content (AvgIpc) is 2.93.